The van der Waals surface area contributed by atoms with Crippen molar-refractivity contribution in [3.05, 3.63) is 23.8 Å². The van der Waals surface area contributed by atoms with E-state index >= 15 is 0 Å². The Hall–Kier alpha value is -1.21. The molecule has 0 aliphatic heterocycles. The lowest BCUT2D eigenvalue weighted by molar-refractivity contribution is 0.219. The first-order valence-electron chi connectivity index (χ1n) is 6.98. The van der Waals surface area contributed by atoms with E-state index in [1.165, 1.54) is 0 Å². The van der Waals surface area contributed by atoms with Crippen LogP contribution in [0.4, 0.5) is 14.5 Å². The first kappa shape index (κ1) is 16.2. The van der Waals surface area contributed by atoms with Crippen molar-refractivity contribution in [3.8, 4) is 0 Å². The molecular formula is C14H20F2N2O2S. The number of halogens is 2. The van der Waals surface area contributed by atoms with Crippen LogP contribution in [0.15, 0.2) is 17.0 Å². The molecule has 3 N–H and O–H groups in total. The SMILES string of the molecule is CC1(CNS(=O)(=O)c2cc(N)c(F)cc2F)CCCCC1. The molecule has 0 unspecified atom stereocenters. The zero-order valence-corrected chi connectivity index (χ0v) is 12.8. The summed E-state index contributed by atoms with van der Waals surface area (Å²) in [4.78, 5) is -0.610. The summed E-state index contributed by atoms with van der Waals surface area (Å²) in [5, 5.41) is 0. The molecule has 118 valence electrons. The lowest BCUT2D eigenvalue weighted by atomic mass is 9.76. The highest BCUT2D eigenvalue weighted by Gasteiger charge is 2.30. The molecule has 4 nitrogen and oxygen atoms in total. The van der Waals surface area contributed by atoms with Crippen molar-refractivity contribution in [2.75, 3.05) is 12.3 Å². The third-order valence-corrected chi connectivity index (χ3v) is 5.51. The summed E-state index contributed by atoms with van der Waals surface area (Å²) in [7, 11) is -4.04. The maximum Gasteiger partial charge on any atom is 0.243 e. The molecule has 1 aliphatic carbocycles. The van der Waals surface area contributed by atoms with Gasteiger partial charge in [0, 0.05) is 12.6 Å². The number of benzene rings is 1. The Morgan fingerprint density at radius 1 is 1.19 bits per heavy atom. The van der Waals surface area contributed by atoms with Crippen LogP contribution < -0.4 is 10.5 Å². The number of rotatable bonds is 4. The van der Waals surface area contributed by atoms with Gasteiger partial charge in [0.2, 0.25) is 10.0 Å². The summed E-state index contributed by atoms with van der Waals surface area (Å²) in [6.07, 6.45) is 5.16. The first-order valence-corrected chi connectivity index (χ1v) is 8.46. The van der Waals surface area contributed by atoms with Crippen molar-refractivity contribution in [1.82, 2.24) is 4.72 Å². The third kappa shape index (κ3) is 3.71. The summed E-state index contributed by atoms with van der Waals surface area (Å²) in [5.74, 6) is -2.10. The molecule has 0 aromatic heterocycles. The van der Waals surface area contributed by atoms with Gasteiger partial charge in [-0.1, -0.05) is 26.2 Å². The third-order valence-electron chi connectivity index (χ3n) is 4.09. The highest BCUT2D eigenvalue weighted by molar-refractivity contribution is 7.89. The van der Waals surface area contributed by atoms with Gasteiger partial charge in [-0.25, -0.2) is 21.9 Å². The van der Waals surface area contributed by atoms with E-state index in [-0.39, 0.29) is 17.6 Å². The van der Waals surface area contributed by atoms with Gasteiger partial charge >= 0.3 is 0 Å². The Morgan fingerprint density at radius 3 is 2.43 bits per heavy atom. The smallest absolute Gasteiger partial charge is 0.243 e. The van der Waals surface area contributed by atoms with Gasteiger partial charge in [0.25, 0.3) is 0 Å². The molecule has 1 saturated carbocycles. The van der Waals surface area contributed by atoms with E-state index in [1.807, 2.05) is 6.92 Å². The normalized spacial score (nSPS) is 18.6. The fraction of sp³-hybridized carbons (Fsp3) is 0.571. The first-order chi connectivity index (χ1) is 9.73. The topological polar surface area (TPSA) is 72.2 Å². The van der Waals surface area contributed by atoms with Gasteiger partial charge in [0.1, 0.15) is 16.5 Å². The number of hydrogen-bond donors (Lipinski definition) is 2. The van der Waals surface area contributed by atoms with Crippen LogP contribution in [0.1, 0.15) is 39.0 Å². The Bertz CT molecular complexity index is 626. The molecule has 1 fully saturated rings. The second kappa shape index (κ2) is 5.88. The van der Waals surface area contributed by atoms with E-state index < -0.39 is 26.6 Å². The van der Waals surface area contributed by atoms with Crippen molar-refractivity contribution in [3.63, 3.8) is 0 Å². The van der Waals surface area contributed by atoms with E-state index in [1.54, 1.807) is 0 Å². The van der Waals surface area contributed by atoms with Crippen LogP contribution in [-0.2, 0) is 10.0 Å². The molecule has 0 atom stereocenters. The van der Waals surface area contributed by atoms with Crippen molar-refractivity contribution in [1.29, 1.82) is 0 Å². The number of hydrogen-bond acceptors (Lipinski definition) is 3. The second-order valence-corrected chi connectivity index (χ2v) is 7.74. The molecule has 0 bridgehead atoms. The standard InChI is InChI=1S/C14H20F2N2O2S/c1-14(5-3-2-4-6-14)9-18-21(19,20)13-8-12(17)10(15)7-11(13)16/h7-8,18H,2-6,9,17H2,1H3. The number of sulfonamides is 1. The lowest BCUT2D eigenvalue weighted by Gasteiger charge is -2.33. The molecule has 2 rings (SSSR count). The van der Waals surface area contributed by atoms with Crippen LogP contribution in [0.3, 0.4) is 0 Å². The lowest BCUT2D eigenvalue weighted by Crippen LogP contribution is -2.37. The maximum atomic E-state index is 13.7. The van der Waals surface area contributed by atoms with Gasteiger partial charge < -0.3 is 5.73 Å². The number of anilines is 1. The summed E-state index contributed by atoms with van der Waals surface area (Å²) in [5.41, 5.74) is 4.81. The average Bonchev–Trinajstić information content (AvgIpc) is 2.42. The summed E-state index contributed by atoms with van der Waals surface area (Å²) in [6.45, 7) is 2.26. The molecule has 0 radical (unpaired) electrons. The molecule has 0 saturated heterocycles. The molecule has 1 aromatic rings. The van der Waals surface area contributed by atoms with Gasteiger partial charge in [-0.3, -0.25) is 0 Å². The monoisotopic (exact) mass is 318 g/mol. The van der Waals surface area contributed by atoms with Crippen LogP contribution in [0.2, 0.25) is 0 Å². The second-order valence-electron chi connectivity index (χ2n) is 6.00. The number of nitrogens with two attached hydrogens (primary N) is 1. The summed E-state index contributed by atoms with van der Waals surface area (Å²) >= 11 is 0. The number of nitrogen functional groups attached to an aromatic ring is 1. The highest BCUT2D eigenvalue weighted by Crippen LogP contribution is 2.35. The van der Waals surface area contributed by atoms with Crippen molar-refractivity contribution in [2.24, 2.45) is 5.41 Å². The van der Waals surface area contributed by atoms with Crippen molar-refractivity contribution >= 4 is 15.7 Å². The van der Waals surface area contributed by atoms with Crippen molar-refractivity contribution in [2.45, 2.75) is 43.9 Å². The zero-order valence-electron chi connectivity index (χ0n) is 12.0. The average molecular weight is 318 g/mol. The van der Waals surface area contributed by atoms with Crippen LogP contribution in [0.5, 0.6) is 0 Å². The van der Waals surface area contributed by atoms with Gasteiger partial charge in [-0.2, -0.15) is 0 Å². The fourth-order valence-corrected chi connectivity index (χ4v) is 3.97. The van der Waals surface area contributed by atoms with Gasteiger partial charge in [-0.15, -0.1) is 0 Å². The molecule has 21 heavy (non-hydrogen) atoms. The summed E-state index contributed by atoms with van der Waals surface area (Å²) < 4.78 is 53.5. The molecule has 1 aliphatic rings. The Kier molecular flexibility index (Phi) is 4.53. The van der Waals surface area contributed by atoms with Gasteiger partial charge in [0.05, 0.1) is 5.69 Å². The minimum absolute atomic E-state index is 0.118. The molecule has 0 amide bonds. The Labute approximate surface area is 123 Å². The predicted molar refractivity (Wildman–Crippen MR) is 77.2 cm³/mol. The number of nitrogens with one attached hydrogen (secondary N) is 1. The zero-order chi connectivity index (χ0) is 15.7. The van der Waals surface area contributed by atoms with Crippen LogP contribution in [0, 0.1) is 17.0 Å². The molecule has 1 aromatic carbocycles. The largest absolute Gasteiger partial charge is 0.396 e. The van der Waals surface area contributed by atoms with E-state index in [9.17, 15) is 17.2 Å². The van der Waals surface area contributed by atoms with Crippen LogP contribution in [0.25, 0.3) is 0 Å². The minimum atomic E-state index is -4.04. The highest BCUT2D eigenvalue weighted by atomic mass is 32.2. The Morgan fingerprint density at radius 2 is 1.81 bits per heavy atom. The van der Waals surface area contributed by atoms with Gasteiger partial charge in [-0.05, 0) is 24.3 Å². The minimum Gasteiger partial charge on any atom is -0.396 e. The fourth-order valence-electron chi connectivity index (χ4n) is 2.68. The molecule has 7 heteroatoms. The maximum absolute atomic E-state index is 13.7. The van der Waals surface area contributed by atoms with Crippen molar-refractivity contribution < 1.29 is 17.2 Å². The predicted octanol–water partition coefficient (Wildman–Crippen LogP) is 2.80. The summed E-state index contributed by atoms with van der Waals surface area (Å²) in [6, 6.07) is 1.31. The quantitative estimate of drug-likeness (QED) is 0.839. The van der Waals surface area contributed by atoms with Gasteiger partial charge in [0.15, 0.2) is 0 Å². The van der Waals surface area contributed by atoms with E-state index in [0.717, 1.165) is 38.2 Å². The molecule has 0 heterocycles. The van der Waals surface area contributed by atoms with E-state index in [4.69, 9.17) is 5.73 Å². The van der Waals surface area contributed by atoms with E-state index in [0.29, 0.717) is 6.07 Å². The van der Waals surface area contributed by atoms with Crippen LogP contribution >= 0.6 is 0 Å². The molecular weight excluding hydrogens is 298 g/mol. The molecule has 0 spiro atoms. The Balaban J connectivity index is 2.17. The van der Waals surface area contributed by atoms with Crippen LogP contribution in [-0.4, -0.2) is 15.0 Å². The van der Waals surface area contributed by atoms with E-state index in [2.05, 4.69) is 4.72 Å².